The zero-order valence-corrected chi connectivity index (χ0v) is 12.4. The minimum atomic E-state index is -0.781. The molecule has 3 heterocycles. The second-order valence-corrected chi connectivity index (χ2v) is 4.89. The average Bonchev–Trinajstić information content (AvgIpc) is 2.99. The monoisotopic (exact) mass is 310 g/mol. The van der Waals surface area contributed by atoms with E-state index in [9.17, 15) is 14.4 Å². The van der Waals surface area contributed by atoms with Crippen LogP contribution in [0.15, 0.2) is 48.4 Å². The molecular formula is C16H14N4O3. The molecule has 0 spiro atoms. The zero-order chi connectivity index (χ0) is 16.4. The summed E-state index contributed by atoms with van der Waals surface area (Å²) in [4.78, 5) is 41.5. The Morgan fingerprint density at radius 2 is 2.04 bits per heavy atom. The molecule has 116 valence electrons. The number of hydrogen-bond acceptors (Lipinski definition) is 4. The van der Waals surface area contributed by atoms with Gasteiger partial charge in [0, 0.05) is 24.6 Å². The lowest BCUT2D eigenvalue weighted by Gasteiger charge is -2.26. The standard InChI is InChI=1S/C16H14N4O3/c1-2-19-8-4-6-11(19)9-13-14(21)18-16(23)20(15(13)22)12-5-3-7-17-10-12/h3-10H,2H2,1H3,(H,18,21,23)/b13-9+. The number of pyridine rings is 1. The number of imide groups is 2. The summed E-state index contributed by atoms with van der Waals surface area (Å²) >= 11 is 0. The van der Waals surface area contributed by atoms with Gasteiger partial charge < -0.3 is 4.57 Å². The topological polar surface area (TPSA) is 84.3 Å². The number of nitrogens with one attached hydrogen (secondary N) is 1. The van der Waals surface area contributed by atoms with Crippen LogP contribution in [-0.4, -0.2) is 27.4 Å². The first-order valence-electron chi connectivity index (χ1n) is 7.08. The fourth-order valence-corrected chi connectivity index (χ4v) is 2.37. The Kier molecular flexibility index (Phi) is 3.76. The lowest BCUT2D eigenvalue weighted by molar-refractivity contribution is -0.122. The van der Waals surface area contributed by atoms with Crippen molar-refractivity contribution in [2.45, 2.75) is 13.5 Å². The van der Waals surface area contributed by atoms with Gasteiger partial charge in [0.25, 0.3) is 11.8 Å². The first-order chi connectivity index (χ1) is 11.1. The van der Waals surface area contributed by atoms with Crippen LogP contribution < -0.4 is 10.2 Å². The van der Waals surface area contributed by atoms with Crippen LogP contribution in [0.4, 0.5) is 10.5 Å². The van der Waals surface area contributed by atoms with Crippen molar-refractivity contribution in [1.82, 2.24) is 14.9 Å². The lowest BCUT2D eigenvalue weighted by atomic mass is 10.1. The van der Waals surface area contributed by atoms with Crippen LogP contribution in [0.1, 0.15) is 12.6 Å². The van der Waals surface area contributed by atoms with E-state index >= 15 is 0 Å². The molecule has 4 amide bonds. The fraction of sp³-hybridized carbons (Fsp3) is 0.125. The Hall–Kier alpha value is -3.22. The van der Waals surface area contributed by atoms with Gasteiger partial charge >= 0.3 is 6.03 Å². The van der Waals surface area contributed by atoms with E-state index in [0.29, 0.717) is 17.9 Å². The highest BCUT2D eigenvalue weighted by Gasteiger charge is 2.37. The first kappa shape index (κ1) is 14.7. The average molecular weight is 310 g/mol. The van der Waals surface area contributed by atoms with Gasteiger partial charge in [-0.05, 0) is 37.3 Å². The van der Waals surface area contributed by atoms with Crippen LogP contribution in [0.3, 0.4) is 0 Å². The molecular weight excluding hydrogens is 296 g/mol. The molecule has 2 aromatic rings. The van der Waals surface area contributed by atoms with Gasteiger partial charge in [0.15, 0.2) is 0 Å². The van der Waals surface area contributed by atoms with E-state index in [2.05, 4.69) is 10.3 Å². The van der Waals surface area contributed by atoms with Gasteiger partial charge in [0.1, 0.15) is 5.57 Å². The third-order valence-electron chi connectivity index (χ3n) is 3.50. The molecule has 0 atom stereocenters. The van der Waals surface area contributed by atoms with E-state index in [1.54, 1.807) is 18.2 Å². The van der Waals surface area contributed by atoms with E-state index in [1.807, 2.05) is 23.8 Å². The summed E-state index contributed by atoms with van der Waals surface area (Å²) in [6, 6.07) is 6.02. The lowest BCUT2D eigenvalue weighted by Crippen LogP contribution is -2.54. The number of carbonyl (C=O) groups is 3. The fourth-order valence-electron chi connectivity index (χ4n) is 2.37. The number of nitrogens with zero attached hydrogens (tertiary/aromatic N) is 3. The number of hydrogen-bond donors (Lipinski definition) is 1. The summed E-state index contributed by atoms with van der Waals surface area (Å²) in [6.07, 6.45) is 6.25. The van der Waals surface area contributed by atoms with Gasteiger partial charge in [-0.1, -0.05) is 0 Å². The van der Waals surface area contributed by atoms with Crippen molar-refractivity contribution >= 4 is 29.6 Å². The quantitative estimate of drug-likeness (QED) is 0.689. The van der Waals surface area contributed by atoms with Gasteiger partial charge in [0.2, 0.25) is 0 Å². The molecule has 1 N–H and O–H groups in total. The largest absolute Gasteiger partial charge is 0.348 e. The van der Waals surface area contributed by atoms with Gasteiger partial charge in [-0.3, -0.25) is 19.9 Å². The van der Waals surface area contributed by atoms with Crippen molar-refractivity contribution in [2.75, 3.05) is 4.90 Å². The molecule has 0 aromatic carbocycles. The predicted molar refractivity (Wildman–Crippen MR) is 83.3 cm³/mol. The van der Waals surface area contributed by atoms with Crippen molar-refractivity contribution in [3.8, 4) is 0 Å². The molecule has 1 aliphatic rings. The molecule has 0 saturated carbocycles. The third-order valence-corrected chi connectivity index (χ3v) is 3.50. The van der Waals surface area contributed by atoms with E-state index in [-0.39, 0.29) is 5.57 Å². The van der Waals surface area contributed by atoms with Gasteiger partial charge in [-0.2, -0.15) is 0 Å². The molecule has 1 fully saturated rings. The SMILES string of the molecule is CCn1cccc1/C=C1\C(=O)NC(=O)N(c2cccnc2)C1=O. The molecule has 3 rings (SSSR count). The number of anilines is 1. The summed E-state index contributed by atoms with van der Waals surface area (Å²) in [6.45, 7) is 2.66. The maximum atomic E-state index is 12.6. The number of aryl methyl sites for hydroxylation is 1. The van der Waals surface area contributed by atoms with Crippen LogP contribution in [0.5, 0.6) is 0 Å². The molecule has 0 radical (unpaired) electrons. The van der Waals surface area contributed by atoms with E-state index in [0.717, 1.165) is 4.90 Å². The highest BCUT2D eigenvalue weighted by molar-refractivity contribution is 6.39. The Morgan fingerprint density at radius 3 is 2.74 bits per heavy atom. The first-order valence-corrected chi connectivity index (χ1v) is 7.08. The number of urea groups is 1. The highest BCUT2D eigenvalue weighted by atomic mass is 16.2. The second-order valence-electron chi connectivity index (χ2n) is 4.89. The number of carbonyl (C=O) groups excluding carboxylic acids is 3. The van der Waals surface area contributed by atoms with E-state index < -0.39 is 17.8 Å². The van der Waals surface area contributed by atoms with Crippen LogP contribution in [0.25, 0.3) is 6.08 Å². The minimum Gasteiger partial charge on any atom is -0.348 e. The van der Waals surface area contributed by atoms with Crippen molar-refractivity contribution < 1.29 is 14.4 Å². The number of barbiturate groups is 1. The predicted octanol–water partition coefficient (Wildman–Crippen LogP) is 1.57. The molecule has 2 aromatic heterocycles. The van der Waals surface area contributed by atoms with E-state index in [4.69, 9.17) is 0 Å². The molecule has 1 aliphatic heterocycles. The molecule has 0 unspecified atom stereocenters. The molecule has 0 bridgehead atoms. The summed E-state index contributed by atoms with van der Waals surface area (Å²) < 4.78 is 1.89. The summed E-state index contributed by atoms with van der Waals surface area (Å²) in [5.74, 6) is -1.38. The Morgan fingerprint density at radius 1 is 1.22 bits per heavy atom. The maximum absolute atomic E-state index is 12.6. The van der Waals surface area contributed by atoms with Crippen LogP contribution >= 0.6 is 0 Å². The highest BCUT2D eigenvalue weighted by Crippen LogP contribution is 2.20. The van der Waals surface area contributed by atoms with Crippen molar-refractivity contribution in [3.63, 3.8) is 0 Å². The van der Waals surface area contributed by atoms with Crippen LogP contribution in [0.2, 0.25) is 0 Å². The molecule has 23 heavy (non-hydrogen) atoms. The minimum absolute atomic E-state index is 0.0955. The number of aromatic nitrogens is 2. The van der Waals surface area contributed by atoms with Crippen molar-refractivity contribution in [2.24, 2.45) is 0 Å². The van der Waals surface area contributed by atoms with Crippen LogP contribution in [0, 0.1) is 0 Å². The Balaban J connectivity index is 2.02. The normalized spacial score (nSPS) is 16.8. The summed E-state index contributed by atoms with van der Waals surface area (Å²) in [7, 11) is 0. The van der Waals surface area contributed by atoms with Crippen molar-refractivity contribution in [3.05, 3.63) is 54.1 Å². The van der Waals surface area contributed by atoms with E-state index in [1.165, 1.54) is 18.5 Å². The molecule has 7 nitrogen and oxygen atoms in total. The van der Waals surface area contributed by atoms with Gasteiger partial charge in [-0.25, -0.2) is 9.69 Å². The van der Waals surface area contributed by atoms with Gasteiger partial charge in [0.05, 0.1) is 11.9 Å². The molecule has 0 aliphatic carbocycles. The zero-order valence-electron chi connectivity index (χ0n) is 12.4. The second kappa shape index (κ2) is 5.88. The third kappa shape index (κ3) is 2.64. The number of rotatable bonds is 3. The number of amides is 4. The molecule has 7 heteroatoms. The smallest absolute Gasteiger partial charge is 0.336 e. The maximum Gasteiger partial charge on any atom is 0.336 e. The Bertz CT molecular complexity index is 808. The summed E-state index contributed by atoms with van der Waals surface area (Å²) in [5.41, 5.74) is 0.924. The van der Waals surface area contributed by atoms with Gasteiger partial charge in [-0.15, -0.1) is 0 Å². The Labute approximate surface area is 132 Å². The summed E-state index contributed by atoms with van der Waals surface area (Å²) in [5, 5.41) is 2.18. The molecule has 1 saturated heterocycles. The van der Waals surface area contributed by atoms with Crippen molar-refractivity contribution in [1.29, 1.82) is 0 Å². The van der Waals surface area contributed by atoms with Crippen LogP contribution in [-0.2, 0) is 16.1 Å².